The number of nitrogens with zero attached hydrogens (tertiary/aromatic N) is 3. The van der Waals surface area contributed by atoms with Crippen molar-refractivity contribution < 1.29 is 57.1 Å². The van der Waals surface area contributed by atoms with Gasteiger partial charge in [0.25, 0.3) is 0 Å². The lowest BCUT2D eigenvalue weighted by Crippen LogP contribution is -2.60. The molecule has 4 aromatic rings. The molecule has 5 atom stereocenters. The molecule has 2 heterocycles. The summed E-state index contributed by atoms with van der Waals surface area (Å²) in [5, 5.41) is 8.79. The molecule has 1 aromatic heterocycles. The van der Waals surface area contributed by atoms with Gasteiger partial charge in [0.2, 0.25) is 18.6 Å². The van der Waals surface area contributed by atoms with Gasteiger partial charge in [0.05, 0.1) is 18.8 Å². The summed E-state index contributed by atoms with van der Waals surface area (Å²) in [6, 6.07) is 27.3. The molecule has 0 aliphatic carbocycles. The van der Waals surface area contributed by atoms with Gasteiger partial charge >= 0.3 is 26.1 Å². The van der Waals surface area contributed by atoms with E-state index >= 15 is 0 Å². The Labute approximate surface area is 397 Å². The number of hydrogen-bond donors (Lipinski definition) is 5. The summed E-state index contributed by atoms with van der Waals surface area (Å²) in [6.07, 6.45) is -1.82. The molecule has 1 aliphatic rings. The molecule has 0 saturated carbocycles. The zero-order chi connectivity index (χ0) is 49.6. The monoisotopic (exact) mass is 958 g/mol. The summed E-state index contributed by atoms with van der Waals surface area (Å²) >= 11 is 0. The number of benzene rings is 3. The van der Waals surface area contributed by atoms with Crippen molar-refractivity contribution in [1.29, 1.82) is 0 Å². The van der Waals surface area contributed by atoms with Crippen LogP contribution in [-0.4, -0.2) is 112 Å². The van der Waals surface area contributed by atoms with E-state index in [0.29, 0.717) is 13.1 Å². The Hall–Kier alpha value is -6.33. The van der Waals surface area contributed by atoms with Crippen molar-refractivity contribution in [2.24, 2.45) is 10.8 Å². The minimum Gasteiger partial charge on any atom is -0.453 e. The number of carbonyl (C=O) groups excluding carboxylic acids is 5. The predicted octanol–water partition coefficient (Wildman–Crippen LogP) is 6.61. The van der Waals surface area contributed by atoms with Crippen LogP contribution in [0.15, 0.2) is 109 Å². The van der Waals surface area contributed by atoms with E-state index in [1.807, 2.05) is 112 Å². The molecule has 68 heavy (non-hydrogen) atoms. The zero-order valence-corrected chi connectivity index (χ0v) is 40.4. The van der Waals surface area contributed by atoms with E-state index in [4.69, 9.17) is 14.2 Å². The second-order valence-corrected chi connectivity index (χ2v) is 20.0. The quantitative estimate of drug-likeness (QED) is 0.0357. The highest BCUT2D eigenvalue weighted by Crippen LogP contribution is 2.35. The molecule has 3 aromatic carbocycles. The Kier molecular flexibility index (Phi) is 18.3. The Bertz CT molecular complexity index is 2340. The van der Waals surface area contributed by atoms with Crippen molar-refractivity contribution in [1.82, 2.24) is 30.7 Å². The molecule has 5 rings (SSSR count). The molecule has 18 nitrogen and oxygen atoms in total. The highest BCUT2D eigenvalue weighted by molar-refractivity contribution is 7.46. The molecule has 366 valence electrons. The second-order valence-electron chi connectivity index (χ2n) is 18.7. The first-order valence-corrected chi connectivity index (χ1v) is 23.8. The standard InChI is InChI=1S/C49H63N6O12P/c1-48(2,3)41(53-45(58)64-7)43(56)51-37(28-34-21-23-36(24-22-34)38-20-14-15-25-50-38)30-40(67-47(60)65-32-66-68(61,62)63)39(29-33-16-10-8-11-17-33)52-44(57)42(49(4,5)6)55-27-26-54(46(55)59)31-35-18-12-9-13-19-35/h8-25,37,39-42H,26-32H2,1-7H3,(H,51,56)(H,52,57)(H,53,58)(H2,61,62,63)/t37-,39-,40-,41+,42+/m0/s1. The SMILES string of the molecule is COC(=O)N[C@H](C(=O)N[C@@H](Cc1ccc(-c2ccccn2)cc1)C[C@H](OC(=O)OCOP(=O)(O)O)[C@H](Cc1ccccc1)NC(=O)[C@@H](N1CCN(Cc2ccccc2)C1=O)C(C)(C)C)C(C)(C)C. The minimum atomic E-state index is -5.06. The summed E-state index contributed by atoms with van der Waals surface area (Å²) in [7, 11) is -3.88. The van der Waals surface area contributed by atoms with Gasteiger partial charge in [0, 0.05) is 43.9 Å². The lowest BCUT2D eigenvalue weighted by molar-refractivity contribution is -0.131. The molecule has 1 aliphatic heterocycles. The van der Waals surface area contributed by atoms with Gasteiger partial charge in [0.1, 0.15) is 18.2 Å². The summed E-state index contributed by atoms with van der Waals surface area (Å²) < 4.78 is 31.7. The van der Waals surface area contributed by atoms with Crippen LogP contribution in [0.3, 0.4) is 0 Å². The van der Waals surface area contributed by atoms with Crippen LogP contribution in [0, 0.1) is 10.8 Å². The van der Waals surface area contributed by atoms with Gasteiger partial charge in [-0.25, -0.2) is 23.5 Å². The van der Waals surface area contributed by atoms with Crippen LogP contribution in [0.25, 0.3) is 11.3 Å². The summed E-state index contributed by atoms with van der Waals surface area (Å²) in [5.74, 6) is -1.13. The van der Waals surface area contributed by atoms with Crippen LogP contribution in [-0.2, 0) is 52.3 Å². The zero-order valence-electron chi connectivity index (χ0n) is 39.5. The third-order valence-electron chi connectivity index (χ3n) is 11.3. The number of methoxy groups -OCH3 is 1. The van der Waals surface area contributed by atoms with Gasteiger partial charge in [-0.1, -0.05) is 133 Å². The van der Waals surface area contributed by atoms with Gasteiger partial charge in [-0.2, -0.15) is 0 Å². The van der Waals surface area contributed by atoms with E-state index in [9.17, 15) is 38.3 Å². The molecule has 0 spiro atoms. The molecule has 5 N–H and O–H groups in total. The highest BCUT2D eigenvalue weighted by atomic mass is 31.2. The van der Waals surface area contributed by atoms with Crippen LogP contribution in [0.5, 0.6) is 0 Å². The molecule has 1 saturated heterocycles. The fourth-order valence-corrected chi connectivity index (χ4v) is 8.22. The van der Waals surface area contributed by atoms with E-state index in [2.05, 4.69) is 25.5 Å². The number of urea groups is 1. The van der Waals surface area contributed by atoms with Gasteiger partial charge in [-0.15, -0.1) is 0 Å². The van der Waals surface area contributed by atoms with Crippen molar-refractivity contribution in [2.45, 2.75) is 97.6 Å². The number of amides is 5. The first kappa shape index (κ1) is 52.6. The molecule has 0 bridgehead atoms. The maximum atomic E-state index is 15.0. The molecular weight excluding hydrogens is 896 g/mol. The normalized spacial score (nSPS) is 15.3. The van der Waals surface area contributed by atoms with Crippen LogP contribution in [0.1, 0.15) is 64.7 Å². The number of phosphoric ester groups is 1. The summed E-state index contributed by atoms with van der Waals surface area (Å²) in [6.45, 7) is 10.7. The summed E-state index contributed by atoms with van der Waals surface area (Å²) in [4.78, 5) is 95.7. The van der Waals surface area contributed by atoms with Crippen LogP contribution < -0.4 is 16.0 Å². The molecule has 5 amide bonds. The van der Waals surface area contributed by atoms with E-state index in [1.54, 1.807) is 48.9 Å². The first-order chi connectivity index (χ1) is 32.1. The molecule has 19 heteroatoms. The Balaban J connectivity index is 1.55. The average Bonchev–Trinajstić information content (AvgIpc) is 3.62. The molecule has 0 unspecified atom stereocenters. The maximum Gasteiger partial charge on any atom is 0.510 e. The number of rotatable bonds is 20. The van der Waals surface area contributed by atoms with E-state index < -0.39 is 79.8 Å². The summed E-state index contributed by atoms with van der Waals surface area (Å²) in [5.41, 5.74) is 2.37. The number of nitrogens with one attached hydrogen (secondary N) is 3. The van der Waals surface area contributed by atoms with Gasteiger partial charge < -0.3 is 49.7 Å². The van der Waals surface area contributed by atoms with Crippen molar-refractivity contribution in [3.05, 3.63) is 126 Å². The van der Waals surface area contributed by atoms with Crippen molar-refractivity contribution >= 4 is 37.9 Å². The van der Waals surface area contributed by atoms with Crippen LogP contribution >= 0.6 is 7.82 Å². The minimum absolute atomic E-state index is 0.0718. The fourth-order valence-electron chi connectivity index (χ4n) is 8.03. The molecule has 0 radical (unpaired) electrons. The first-order valence-electron chi connectivity index (χ1n) is 22.2. The second kappa shape index (κ2) is 23.6. The Morgan fingerprint density at radius 3 is 1.94 bits per heavy atom. The van der Waals surface area contributed by atoms with Gasteiger partial charge in [-0.3, -0.25) is 14.6 Å². The molecular formula is C49H63N6O12P. The average molecular weight is 959 g/mol. The largest absolute Gasteiger partial charge is 0.510 e. The van der Waals surface area contributed by atoms with E-state index in [-0.39, 0.29) is 31.8 Å². The number of ether oxygens (including phenoxy) is 3. The fraction of sp³-hybridized carbons (Fsp3) is 0.429. The van der Waals surface area contributed by atoms with Gasteiger partial charge in [0.15, 0.2) is 0 Å². The Morgan fingerprint density at radius 2 is 1.37 bits per heavy atom. The van der Waals surface area contributed by atoms with Crippen molar-refractivity contribution in [3.8, 4) is 11.3 Å². The lowest BCUT2D eigenvalue weighted by Gasteiger charge is -2.39. The predicted molar refractivity (Wildman–Crippen MR) is 252 cm³/mol. The van der Waals surface area contributed by atoms with Crippen LogP contribution in [0.4, 0.5) is 14.4 Å². The third kappa shape index (κ3) is 15.9. The number of hydrogen-bond acceptors (Lipinski definition) is 11. The number of carbonyl (C=O) groups is 5. The van der Waals surface area contributed by atoms with E-state index in [1.165, 1.54) is 7.11 Å². The van der Waals surface area contributed by atoms with E-state index in [0.717, 1.165) is 27.9 Å². The number of aromatic nitrogens is 1. The lowest BCUT2D eigenvalue weighted by atomic mass is 9.84. The Morgan fingerprint density at radius 1 is 0.750 bits per heavy atom. The maximum absolute atomic E-state index is 15.0. The van der Waals surface area contributed by atoms with Crippen molar-refractivity contribution in [2.75, 3.05) is 27.0 Å². The molecule has 1 fully saturated rings. The number of pyridine rings is 1. The topological polar surface area (TPSA) is 235 Å². The highest BCUT2D eigenvalue weighted by Gasteiger charge is 2.45. The number of phosphoric acid groups is 1. The van der Waals surface area contributed by atoms with Crippen molar-refractivity contribution in [3.63, 3.8) is 0 Å². The number of alkyl carbamates (subject to hydrolysis) is 1. The third-order valence-corrected chi connectivity index (χ3v) is 11.7. The smallest absolute Gasteiger partial charge is 0.453 e. The van der Waals surface area contributed by atoms with Gasteiger partial charge in [-0.05, 0) is 52.5 Å². The van der Waals surface area contributed by atoms with Crippen LogP contribution in [0.2, 0.25) is 0 Å².